The second-order valence-corrected chi connectivity index (χ2v) is 7.29. The number of amidine groups is 1. The summed E-state index contributed by atoms with van der Waals surface area (Å²) in [5, 5.41) is 15.9. The highest BCUT2D eigenvalue weighted by Gasteiger charge is 2.19. The summed E-state index contributed by atoms with van der Waals surface area (Å²) >= 11 is 0. The van der Waals surface area contributed by atoms with Gasteiger partial charge in [0.1, 0.15) is 11.7 Å². The zero-order valence-corrected chi connectivity index (χ0v) is 17.2. The van der Waals surface area contributed by atoms with Crippen molar-refractivity contribution in [3.8, 4) is 5.69 Å². The van der Waals surface area contributed by atoms with Crippen LogP contribution in [0.25, 0.3) is 5.69 Å². The third-order valence-corrected chi connectivity index (χ3v) is 5.22. The average Bonchev–Trinajstić information content (AvgIpc) is 3.29. The van der Waals surface area contributed by atoms with Gasteiger partial charge in [-0.1, -0.05) is 37.3 Å². The standard InChI is InChI=1S/C25H24FN5/c1-2-17-16-19(10-13-22(17)26)24(29-20-11-8-18(9-12-20)25(27)28)23-14-15-31(30-23)21-6-4-3-5-7-21/h3-16,24,29H,2H2,1H3,(H3,27,28). The smallest absolute Gasteiger partial charge is 0.126 e. The molecule has 3 aromatic carbocycles. The number of anilines is 1. The second kappa shape index (κ2) is 8.83. The van der Waals surface area contributed by atoms with Crippen molar-refractivity contribution in [2.75, 3.05) is 5.32 Å². The average molecular weight is 414 g/mol. The number of nitrogen functional groups attached to an aromatic ring is 1. The lowest BCUT2D eigenvalue weighted by Gasteiger charge is -2.20. The Morgan fingerprint density at radius 2 is 1.81 bits per heavy atom. The van der Waals surface area contributed by atoms with Crippen LogP contribution >= 0.6 is 0 Å². The number of para-hydroxylation sites is 1. The van der Waals surface area contributed by atoms with Gasteiger partial charge in [-0.25, -0.2) is 9.07 Å². The van der Waals surface area contributed by atoms with Crippen molar-refractivity contribution in [1.29, 1.82) is 5.41 Å². The topological polar surface area (TPSA) is 79.7 Å². The predicted molar refractivity (Wildman–Crippen MR) is 122 cm³/mol. The number of nitrogens with zero attached hydrogens (tertiary/aromatic N) is 2. The molecule has 1 aromatic heterocycles. The predicted octanol–water partition coefficient (Wildman–Crippen LogP) is 5.06. The summed E-state index contributed by atoms with van der Waals surface area (Å²) in [5.41, 5.74) is 10.4. The van der Waals surface area contributed by atoms with E-state index in [2.05, 4.69) is 5.32 Å². The van der Waals surface area contributed by atoms with Gasteiger partial charge in [0.25, 0.3) is 0 Å². The van der Waals surface area contributed by atoms with Gasteiger partial charge < -0.3 is 11.1 Å². The highest BCUT2D eigenvalue weighted by molar-refractivity contribution is 5.95. The van der Waals surface area contributed by atoms with Crippen molar-refractivity contribution < 1.29 is 4.39 Å². The van der Waals surface area contributed by atoms with Crippen LogP contribution in [0.1, 0.15) is 35.3 Å². The van der Waals surface area contributed by atoms with E-state index >= 15 is 0 Å². The molecule has 0 radical (unpaired) electrons. The molecule has 1 atom stereocenters. The van der Waals surface area contributed by atoms with Crippen LogP contribution in [0, 0.1) is 11.2 Å². The van der Waals surface area contributed by atoms with E-state index in [-0.39, 0.29) is 17.7 Å². The van der Waals surface area contributed by atoms with E-state index in [1.54, 1.807) is 18.2 Å². The number of benzene rings is 3. The number of aryl methyl sites for hydroxylation is 1. The Bertz CT molecular complexity index is 1180. The molecule has 0 fully saturated rings. The minimum Gasteiger partial charge on any atom is -0.384 e. The maximum absolute atomic E-state index is 14.1. The molecule has 4 N–H and O–H groups in total. The van der Waals surface area contributed by atoms with Crippen molar-refractivity contribution in [2.24, 2.45) is 5.73 Å². The highest BCUT2D eigenvalue weighted by atomic mass is 19.1. The molecule has 0 amide bonds. The van der Waals surface area contributed by atoms with Crippen LogP contribution in [0.3, 0.4) is 0 Å². The van der Waals surface area contributed by atoms with Crippen molar-refractivity contribution in [1.82, 2.24) is 9.78 Å². The first-order chi connectivity index (χ1) is 15.0. The van der Waals surface area contributed by atoms with Gasteiger partial charge in [0, 0.05) is 17.4 Å². The Balaban J connectivity index is 1.72. The van der Waals surface area contributed by atoms with Crippen LogP contribution in [0.5, 0.6) is 0 Å². The summed E-state index contributed by atoms with van der Waals surface area (Å²) in [5.74, 6) is -0.179. The first-order valence-electron chi connectivity index (χ1n) is 10.2. The number of nitrogens with two attached hydrogens (primary N) is 1. The number of halogens is 1. The quantitative estimate of drug-likeness (QED) is 0.293. The lowest BCUT2D eigenvalue weighted by molar-refractivity contribution is 0.610. The lowest BCUT2D eigenvalue weighted by atomic mass is 9.99. The number of aromatic nitrogens is 2. The Morgan fingerprint density at radius 3 is 2.48 bits per heavy atom. The number of nitrogens with one attached hydrogen (secondary N) is 2. The van der Waals surface area contributed by atoms with E-state index in [0.29, 0.717) is 17.5 Å². The van der Waals surface area contributed by atoms with Crippen molar-refractivity contribution in [3.05, 3.63) is 113 Å². The van der Waals surface area contributed by atoms with E-state index in [4.69, 9.17) is 16.2 Å². The van der Waals surface area contributed by atoms with Gasteiger partial charge in [-0.2, -0.15) is 5.10 Å². The molecule has 0 aliphatic carbocycles. The Labute approximate surface area is 180 Å². The van der Waals surface area contributed by atoms with E-state index in [9.17, 15) is 4.39 Å². The lowest BCUT2D eigenvalue weighted by Crippen LogP contribution is -2.15. The summed E-state index contributed by atoms with van der Waals surface area (Å²) in [7, 11) is 0. The molecule has 156 valence electrons. The van der Waals surface area contributed by atoms with Gasteiger partial charge >= 0.3 is 0 Å². The van der Waals surface area contributed by atoms with Gasteiger partial charge in [0.15, 0.2) is 0 Å². The third-order valence-electron chi connectivity index (χ3n) is 5.22. The van der Waals surface area contributed by atoms with Gasteiger partial charge in [-0.05, 0) is 66.1 Å². The SMILES string of the molecule is CCc1cc(C(Nc2ccc(C(=N)N)cc2)c2ccn(-c3ccccc3)n2)ccc1F. The molecule has 1 unspecified atom stereocenters. The van der Waals surface area contributed by atoms with Crippen LogP contribution in [-0.2, 0) is 6.42 Å². The fourth-order valence-electron chi connectivity index (χ4n) is 3.50. The molecule has 5 nitrogen and oxygen atoms in total. The molecule has 31 heavy (non-hydrogen) atoms. The van der Waals surface area contributed by atoms with Gasteiger partial charge in [-0.3, -0.25) is 5.41 Å². The van der Waals surface area contributed by atoms with Crippen LogP contribution < -0.4 is 11.1 Å². The Hall–Kier alpha value is -3.93. The summed E-state index contributed by atoms with van der Waals surface area (Å²) in [6, 6.07) is 24.1. The molecule has 0 saturated heterocycles. The molecule has 0 bridgehead atoms. The summed E-state index contributed by atoms with van der Waals surface area (Å²) in [4.78, 5) is 0. The first kappa shape index (κ1) is 20.3. The second-order valence-electron chi connectivity index (χ2n) is 7.29. The van der Waals surface area contributed by atoms with Crippen LogP contribution in [0.4, 0.5) is 10.1 Å². The molecule has 0 spiro atoms. The molecule has 0 aliphatic heterocycles. The molecule has 0 saturated carbocycles. The molecule has 0 aliphatic rings. The summed E-state index contributed by atoms with van der Waals surface area (Å²) in [6.45, 7) is 1.94. The maximum atomic E-state index is 14.1. The first-order valence-corrected chi connectivity index (χ1v) is 10.2. The fraction of sp³-hybridized carbons (Fsp3) is 0.120. The minimum atomic E-state index is -0.279. The monoisotopic (exact) mass is 413 g/mol. The van der Waals surface area contributed by atoms with E-state index < -0.39 is 0 Å². The molecular formula is C25H24FN5. The van der Waals surface area contributed by atoms with Crippen molar-refractivity contribution >= 4 is 11.5 Å². The summed E-state index contributed by atoms with van der Waals surface area (Å²) in [6.07, 6.45) is 2.53. The molecule has 4 rings (SSSR count). The van der Waals surface area contributed by atoms with Gasteiger partial charge in [0.05, 0.1) is 17.4 Å². The summed E-state index contributed by atoms with van der Waals surface area (Å²) < 4.78 is 16.0. The van der Waals surface area contributed by atoms with E-state index in [1.165, 1.54) is 6.07 Å². The zero-order chi connectivity index (χ0) is 21.8. The van der Waals surface area contributed by atoms with Gasteiger partial charge in [-0.15, -0.1) is 0 Å². The molecular weight excluding hydrogens is 389 g/mol. The molecule has 1 heterocycles. The van der Waals surface area contributed by atoms with Crippen LogP contribution in [0.15, 0.2) is 85.1 Å². The third kappa shape index (κ3) is 4.48. The van der Waals surface area contributed by atoms with E-state index in [1.807, 2.05) is 72.4 Å². The molecule has 6 heteroatoms. The highest BCUT2D eigenvalue weighted by Crippen LogP contribution is 2.28. The van der Waals surface area contributed by atoms with Gasteiger partial charge in [0.2, 0.25) is 0 Å². The van der Waals surface area contributed by atoms with Crippen LogP contribution in [0.2, 0.25) is 0 Å². The van der Waals surface area contributed by atoms with Crippen molar-refractivity contribution in [2.45, 2.75) is 19.4 Å². The number of hydrogen-bond donors (Lipinski definition) is 3. The number of hydrogen-bond acceptors (Lipinski definition) is 3. The van der Waals surface area contributed by atoms with Crippen LogP contribution in [-0.4, -0.2) is 15.6 Å². The Morgan fingerprint density at radius 1 is 1.06 bits per heavy atom. The number of rotatable bonds is 7. The minimum absolute atomic E-state index is 0.0239. The largest absolute Gasteiger partial charge is 0.384 e. The fourth-order valence-corrected chi connectivity index (χ4v) is 3.50. The normalized spacial score (nSPS) is 11.8. The Kier molecular flexibility index (Phi) is 5.80. The molecule has 4 aromatic rings. The maximum Gasteiger partial charge on any atom is 0.126 e. The van der Waals surface area contributed by atoms with E-state index in [0.717, 1.165) is 22.6 Å². The zero-order valence-electron chi connectivity index (χ0n) is 17.2. The van der Waals surface area contributed by atoms with Crippen molar-refractivity contribution in [3.63, 3.8) is 0 Å².